The van der Waals surface area contributed by atoms with Crippen molar-refractivity contribution in [2.75, 3.05) is 31.5 Å². The molecule has 10 heteroatoms. The van der Waals surface area contributed by atoms with Crippen LogP contribution in [-0.2, 0) is 6.54 Å². The Morgan fingerprint density at radius 1 is 1.09 bits per heavy atom. The molecule has 0 aliphatic carbocycles. The van der Waals surface area contributed by atoms with E-state index >= 15 is 0 Å². The third-order valence-corrected chi connectivity index (χ3v) is 7.52. The van der Waals surface area contributed by atoms with Crippen molar-refractivity contribution < 1.29 is 4.79 Å². The van der Waals surface area contributed by atoms with Gasteiger partial charge in [0.05, 0.1) is 17.5 Å². The van der Waals surface area contributed by atoms with Crippen LogP contribution in [0.2, 0.25) is 0 Å². The van der Waals surface area contributed by atoms with Crippen LogP contribution in [0.5, 0.6) is 0 Å². The van der Waals surface area contributed by atoms with Crippen molar-refractivity contribution in [3.05, 3.63) is 59.0 Å². The molecule has 4 aromatic rings. The fourth-order valence-corrected chi connectivity index (χ4v) is 5.49. The Morgan fingerprint density at radius 2 is 1.94 bits per heavy atom. The summed E-state index contributed by atoms with van der Waals surface area (Å²) in [6, 6.07) is 6.30. The first-order chi connectivity index (χ1) is 17.0. The lowest BCUT2D eigenvalue weighted by Crippen LogP contribution is -2.48. The fourth-order valence-electron chi connectivity index (χ4n) is 4.64. The molecule has 5 heterocycles. The Bertz CT molecular complexity index is 1430. The number of anilines is 2. The van der Waals surface area contributed by atoms with Crippen LogP contribution in [0.3, 0.4) is 0 Å². The van der Waals surface area contributed by atoms with E-state index in [1.807, 2.05) is 41.2 Å². The number of benzene rings is 1. The predicted molar refractivity (Wildman–Crippen MR) is 138 cm³/mol. The van der Waals surface area contributed by atoms with Gasteiger partial charge in [0.2, 0.25) is 0 Å². The van der Waals surface area contributed by atoms with Crippen LogP contribution in [0.4, 0.5) is 10.9 Å². The smallest absolute Gasteiger partial charge is 0.277 e. The highest BCUT2D eigenvalue weighted by atomic mass is 32.1. The van der Waals surface area contributed by atoms with Crippen LogP contribution in [0.1, 0.15) is 34.6 Å². The maximum atomic E-state index is 11.8. The van der Waals surface area contributed by atoms with Crippen molar-refractivity contribution in [3.8, 4) is 11.3 Å². The van der Waals surface area contributed by atoms with Crippen LogP contribution in [0.25, 0.3) is 16.9 Å². The lowest BCUT2D eigenvalue weighted by molar-refractivity contribution is 0.101. The summed E-state index contributed by atoms with van der Waals surface area (Å²) < 4.78 is 1.99. The molecule has 0 spiro atoms. The molecule has 1 fully saturated rings. The number of carbonyl (C=O) groups is 1. The Labute approximate surface area is 207 Å². The number of carbonyl (C=O) groups excluding carboxylic acids is 1. The second-order valence-corrected chi connectivity index (χ2v) is 10.3. The van der Waals surface area contributed by atoms with Gasteiger partial charge < -0.3 is 5.32 Å². The number of nitrogens with one attached hydrogen (secondary N) is 1. The van der Waals surface area contributed by atoms with E-state index in [0.29, 0.717) is 23.1 Å². The molecule has 1 saturated heterocycles. The van der Waals surface area contributed by atoms with Gasteiger partial charge >= 0.3 is 0 Å². The summed E-state index contributed by atoms with van der Waals surface area (Å²) in [6.07, 6.45) is 9.05. The number of aliphatic imine (C=N–C) groups is 1. The number of nitrogens with zero attached hydrogens (tertiary/aromatic N) is 7. The second kappa shape index (κ2) is 8.95. The SMILES string of the molecule is CC(C)N1CCN(Cc2cnc(Nc3ncc(-c4ccc5c(c4)C=NC5=O)n4ccnc34)s2)CC1. The van der Waals surface area contributed by atoms with Crippen LogP contribution < -0.4 is 5.32 Å². The van der Waals surface area contributed by atoms with E-state index in [0.717, 1.165) is 54.7 Å². The molecule has 0 radical (unpaired) electrons. The molecule has 1 aromatic carbocycles. The van der Waals surface area contributed by atoms with Gasteiger partial charge in [-0.2, -0.15) is 0 Å². The number of piperazine rings is 1. The Kier molecular flexibility index (Phi) is 5.63. The van der Waals surface area contributed by atoms with Gasteiger partial charge in [0, 0.05) is 79.6 Å². The molecule has 2 aliphatic heterocycles. The molecule has 0 unspecified atom stereocenters. The molecule has 178 valence electrons. The van der Waals surface area contributed by atoms with Crippen LogP contribution in [0, 0.1) is 0 Å². The Hall–Kier alpha value is -3.47. The normalized spacial score (nSPS) is 16.5. The van der Waals surface area contributed by atoms with Gasteiger partial charge in [-0.1, -0.05) is 6.07 Å². The Balaban J connectivity index is 1.19. The summed E-state index contributed by atoms with van der Waals surface area (Å²) in [4.78, 5) is 35.7. The van der Waals surface area contributed by atoms with E-state index < -0.39 is 0 Å². The molecule has 2 aliphatic rings. The molecule has 3 aromatic heterocycles. The number of imidazole rings is 1. The summed E-state index contributed by atoms with van der Waals surface area (Å²) in [5.41, 5.74) is 4.00. The van der Waals surface area contributed by atoms with E-state index in [2.05, 4.69) is 48.9 Å². The quantitative estimate of drug-likeness (QED) is 0.444. The van der Waals surface area contributed by atoms with Gasteiger partial charge in [-0.15, -0.1) is 11.3 Å². The molecule has 1 N–H and O–H groups in total. The van der Waals surface area contributed by atoms with Crippen molar-refractivity contribution in [2.45, 2.75) is 26.4 Å². The standard InChI is InChI=1S/C25H26N8OS/c1-16(2)32-9-7-31(8-10-32)15-19-13-29-25(35-19)30-22-23-26-5-6-33(23)21(14-27-22)17-3-4-20-18(11-17)12-28-24(20)34/h3-6,11-14,16H,7-10,15H2,1-2H3,(H,27,29,30). The van der Waals surface area contributed by atoms with Crippen molar-refractivity contribution in [1.29, 1.82) is 0 Å². The van der Waals surface area contributed by atoms with Gasteiger partial charge in [-0.05, 0) is 26.0 Å². The highest BCUT2D eigenvalue weighted by molar-refractivity contribution is 7.15. The number of rotatable bonds is 6. The summed E-state index contributed by atoms with van der Waals surface area (Å²) in [7, 11) is 0. The number of fused-ring (bicyclic) bond motifs is 2. The van der Waals surface area contributed by atoms with E-state index in [-0.39, 0.29) is 5.91 Å². The van der Waals surface area contributed by atoms with Crippen LogP contribution in [0.15, 0.2) is 48.0 Å². The average Bonchev–Trinajstić information content (AvgIpc) is 3.60. The van der Waals surface area contributed by atoms with Gasteiger partial charge in [0.15, 0.2) is 16.6 Å². The third kappa shape index (κ3) is 4.24. The summed E-state index contributed by atoms with van der Waals surface area (Å²) >= 11 is 1.65. The number of amides is 1. The van der Waals surface area contributed by atoms with Crippen molar-refractivity contribution in [3.63, 3.8) is 0 Å². The van der Waals surface area contributed by atoms with E-state index in [1.54, 1.807) is 23.7 Å². The Morgan fingerprint density at radius 3 is 2.77 bits per heavy atom. The minimum Gasteiger partial charge on any atom is -0.313 e. The largest absolute Gasteiger partial charge is 0.313 e. The van der Waals surface area contributed by atoms with Crippen molar-refractivity contribution in [2.24, 2.45) is 4.99 Å². The first kappa shape index (κ1) is 22.0. The van der Waals surface area contributed by atoms with Gasteiger partial charge in [-0.3, -0.25) is 19.0 Å². The van der Waals surface area contributed by atoms with E-state index in [9.17, 15) is 4.79 Å². The predicted octanol–water partition coefficient (Wildman–Crippen LogP) is 3.70. The zero-order valence-corrected chi connectivity index (χ0v) is 20.5. The number of hydrogen-bond acceptors (Lipinski definition) is 8. The van der Waals surface area contributed by atoms with Crippen molar-refractivity contribution in [1.82, 2.24) is 29.2 Å². The zero-order valence-electron chi connectivity index (χ0n) is 19.7. The average molecular weight is 487 g/mol. The monoisotopic (exact) mass is 486 g/mol. The highest BCUT2D eigenvalue weighted by Gasteiger charge is 2.20. The van der Waals surface area contributed by atoms with Crippen LogP contribution in [-0.4, -0.2) is 73.5 Å². The van der Waals surface area contributed by atoms with Gasteiger partial charge in [0.1, 0.15) is 0 Å². The first-order valence-corrected chi connectivity index (χ1v) is 12.6. The fraction of sp³-hybridized carbons (Fsp3) is 0.320. The summed E-state index contributed by atoms with van der Waals surface area (Å²) in [6.45, 7) is 9.83. The molecule has 9 nitrogen and oxygen atoms in total. The second-order valence-electron chi connectivity index (χ2n) is 9.14. The third-order valence-electron chi connectivity index (χ3n) is 6.62. The lowest BCUT2D eigenvalue weighted by atomic mass is 10.0. The number of hydrogen-bond donors (Lipinski definition) is 1. The molecule has 1 amide bonds. The van der Waals surface area contributed by atoms with E-state index in [4.69, 9.17) is 0 Å². The summed E-state index contributed by atoms with van der Waals surface area (Å²) in [5.74, 6) is 0.459. The molecule has 6 rings (SSSR count). The zero-order chi connectivity index (χ0) is 23.9. The molecular formula is C25H26N8OS. The number of aromatic nitrogens is 4. The molecular weight excluding hydrogens is 460 g/mol. The van der Waals surface area contributed by atoms with Crippen LogP contribution >= 0.6 is 11.3 Å². The van der Waals surface area contributed by atoms with Crippen molar-refractivity contribution >= 4 is 40.1 Å². The lowest BCUT2D eigenvalue weighted by Gasteiger charge is -2.36. The molecule has 0 saturated carbocycles. The topological polar surface area (TPSA) is 91.0 Å². The van der Waals surface area contributed by atoms with Gasteiger partial charge in [-0.25, -0.2) is 19.9 Å². The summed E-state index contributed by atoms with van der Waals surface area (Å²) in [5, 5.41) is 4.16. The van der Waals surface area contributed by atoms with Gasteiger partial charge in [0.25, 0.3) is 5.91 Å². The maximum absolute atomic E-state index is 11.8. The van der Waals surface area contributed by atoms with E-state index in [1.165, 1.54) is 4.88 Å². The minimum absolute atomic E-state index is 0.197. The molecule has 35 heavy (non-hydrogen) atoms. The molecule has 0 atom stereocenters. The minimum atomic E-state index is -0.197. The maximum Gasteiger partial charge on any atom is 0.277 e. The first-order valence-electron chi connectivity index (χ1n) is 11.8. The highest BCUT2D eigenvalue weighted by Crippen LogP contribution is 2.29. The molecule has 0 bridgehead atoms. The number of thiazole rings is 1.